The van der Waals surface area contributed by atoms with Gasteiger partial charge in [0, 0.05) is 11.1 Å². The smallest absolute Gasteiger partial charge is 0.341 e. The number of benzene rings is 3. The largest absolute Gasteiger partial charge is 0.497 e. The van der Waals surface area contributed by atoms with Gasteiger partial charge in [0.25, 0.3) is 0 Å². The second-order valence-corrected chi connectivity index (χ2v) is 9.78. The van der Waals surface area contributed by atoms with Crippen molar-refractivity contribution in [3.63, 3.8) is 0 Å². The molecule has 3 aromatic carbocycles. The summed E-state index contributed by atoms with van der Waals surface area (Å²) in [5.74, 6) is 1.32. The van der Waals surface area contributed by atoms with E-state index in [2.05, 4.69) is 0 Å². The van der Waals surface area contributed by atoms with Gasteiger partial charge in [-0.15, -0.1) is 0 Å². The molecule has 0 aromatic heterocycles. The van der Waals surface area contributed by atoms with Gasteiger partial charge in [-0.1, -0.05) is 35.3 Å². The third kappa shape index (κ3) is 8.39. The number of aliphatic hydroxyl groups is 1. The predicted octanol–water partition coefficient (Wildman–Crippen LogP) is 5.19. The Hall–Kier alpha value is -3.21. The Bertz CT molecular complexity index is 1260. The molecule has 1 saturated heterocycles. The number of hydroxylamine groups is 2. The molecule has 4 rings (SSSR count). The van der Waals surface area contributed by atoms with Gasteiger partial charge in [-0.05, 0) is 55.0 Å². The van der Waals surface area contributed by atoms with Crippen LogP contribution in [0.15, 0.2) is 60.7 Å². The van der Waals surface area contributed by atoms with Crippen LogP contribution in [0.3, 0.4) is 0 Å². The lowest BCUT2D eigenvalue weighted by atomic mass is 10.2. The molecule has 0 radical (unpaired) electrons. The SMILES string of the molecule is CCOC(=O)c1cc(Cl)c(OCc2ccc(OC)cc2)cc1OC[C@@H](O)CN1C[C@@H](Oc2ccc(Cl)cc2)CO1. The lowest BCUT2D eigenvalue weighted by Gasteiger charge is -2.20. The zero-order valence-electron chi connectivity index (χ0n) is 22.2. The van der Waals surface area contributed by atoms with Gasteiger partial charge >= 0.3 is 5.97 Å². The van der Waals surface area contributed by atoms with Crippen LogP contribution in [0.5, 0.6) is 23.0 Å². The summed E-state index contributed by atoms with van der Waals surface area (Å²) < 4.78 is 28.0. The maximum absolute atomic E-state index is 12.6. The molecule has 1 fully saturated rings. The Morgan fingerprint density at radius 3 is 2.48 bits per heavy atom. The molecule has 1 aliphatic heterocycles. The Kier molecular flexibility index (Phi) is 10.7. The van der Waals surface area contributed by atoms with Crippen LogP contribution in [0.2, 0.25) is 10.0 Å². The lowest BCUT2D eigenvalue weighted by Crippen LogP contribution is -2.34. The van der Waals surface area contributed by atoms with Crippen LogP contribution >= 0.6 is 23.2 Å². The molecule has 9 nitrogen and oxygen atoms in total. The normalized spacial score (nSPS) is 15.9. The summed E-state index contributed by atoms with van der Waals surface area (Å²) in [5.41, 5.74) is 1.03. The van der Waals surface area contributed by atoms with E-state index in [4.69, 9.17) is 51.7 Å². The van der Waals surface area contributed by atoms with Crippen LogP contribution < -0.4 is 18.9 Å². The van der Waals surface area contributed by atoms with Crippen molar-refractivity contribution in [3.05, 3.63) is 81.8 Å². The first kappa shape index (κ1) is 29.8. The first-order chi connectivity index (χ1) is 19.3. The second-order valence-electron chi connectivity index (χ2n) is 8.94. The molecule has 0 amide bonds. The summed E-state index contributed by atoms with van der Waals surface area (Å²) in [6, 6.07) is 17.4. The van der Waals surface area contributed by atoms with E-state index in [1.807, 2.05) is 24.3 Å². The second kappa shape index (κ2) is 14.4. The maximum Gasteiger partial charge on any atom is 0.341 e. The number of methoxy groups -OCH3 is 1. The van der Waals surface area contributed by atoms with Gasteiger partial charge in [0.2, 0.25) is 0 Å². The van der Waals surface area contributed by atoms with E-state index in [1.54, 1.807) is 43.4 Å². The van der Waals surface area contributed by atoms with Gasteiger partial charge in [-0.2, -0.15) is 5.06 Å². The number of ether oxygens (including phenoxy) is 5. The highest BCUT2D eigenvalue weighted by molar-refractivity contribution is 6.32. The molecule has 0 saturated carbocycles. The van der Waals surface area contributed by atoms with E-state index in [0.717, 1.165) is 11.3 Å². The van der Waals surface area contributed by atoms with Crippen molar-refractivity contribution < 1.29 is 38.4 Å². The highest BCUT2D eigenvalue weighted by Crippen LogP contribution is 2.34. The van der Waals surface area contributed by atoms with E-state index in [-0.39, 0.29) is 48.8 Å². The van der Waals surface area contributed by atoms with Crippen molar-refractivity contribution in [2.45, 2.75) is 25.7 Å². The highest BCUT2D eigenvalue weighted by atomic mass is 35.5. The number of esters is 1. The fourth-order valence-electron chi connectivity index (χ4n) is 3.91. The number of carbonyl (C=O) groups is 1. The topological polar surface area (TPSA) is 95.9 Å². The van der Waals surface area contributed by atoms with Gasteiger partial charge in [0.1, 0.15) is 60.6 Å². The van der Waals surface area contributed by atoms with Gasteiger partial charge in [-0.3, -0.25) is 4.84 Å². The molecule has 0 unspecified atom stereocenters. The average molecular weight is 592 g/mol. The van der Waals surface area contributed by atoms with E-state index < -0.39 is 12.1 Å². The predicted molar refractivity (Wildman–Crippen MR) is 150 cm³/mol. The van der Waals surface area contributed by atoms with Gasteiger partial charge in [-0.25, -0.2) is 4.79 Å². The van der Waals surface area contributed by atoms with E-state index in [0.29, 0.717) is 29.7 Å². The summed E-state index contributed by atoms with van der Waals surface area (Å²) in [4.78, 5) is 18.2. The van der Waals surface area contributed by atoms with Gasteiger partial charge in [0.05, 0.1) is 31.8 Å². The number of β-amino-alcohol motifs (C(OH)–C–C–N with tert-alkyl or cyclic N) is 1. The highest BCUT2D eigenvalue weighted by Gasteiger charge is 2.27. The van der Waals surface area contributed by atoms with E-state index in [1.165, 1.54) is 12.1 Å². The quantitative estimate of drug-likeness (QED) is 0.269. The molecule has 0 bridgehead atoms. The van der Waals surface area contributed by atoms with Crippen LogP contribution in [-0.2, 0) is 16.2 Å². The minimum Gasteiger partial charge on any atom is -0.497 e. The number of halogens is 2. The van der Waals surface area contributed by atoms with Crippen LogP contribution in [0.1, 0.15) is 22.8 Å². The molecule has 2 atom stereocenters. The molecule has 1 heterocycles. The van der Waals surface area contributed by atoms with Crippen molar-refractivity contribution in [1.29, 1.82) is 0 Å². The van der Waals surface area contributed by atoms with Crippen LogP contribution in [0.25, 0.3) is 0 Å². The number of rotatable bonds is 13. The number of hydrogen-bond donors (Lipinski definition) is 1. The average Bonchev–Trinajstić information content (AvgIpc) is 3.39. The molecular weight excluding hydrogens is 561 g/mol. The van der Waals surface area contributed by atoms with Crippen molar-refractivity contribution in [2.24, 2.45) is 0 Å². The Morgan fingerprint density at radius 1 is 1.05 bits per heavy atom. The number of aliphatic hydroxyl groups excluding tert-OH is 1. The van der Waals surface area contributed by atoms with Crippen LogP contribution in [-0.4, -0.2) is 68.4 Å². The maximum atomic E-state index is 12.6. The molecule has 0 spiro atoms. The third-order valence-corrected chi connectivity index (χ3v) is 6.44. The summed E-state index contributed by atoms with van der Waals surface area (Å²) in [6.45, 7) is 2.97. The van der Waals surface area contributed by atoms with Gasteiger partial charge in [0.15, 0.2) is 0 Å². The first-order valence-electron chi connectivity index (χ1n) is 12.7. The molecule has 11 heteroatoms. The minimum absolute atomic E-state index is 0.117. The van der Waals surface area contributed by atoms with Crippen molar-refractivity contribution in [3.8, 4) is 23.0 Å². The molecule has 3 aromatic rings. The lowest BCUT2D eigenvalue weighted by molar-refractivity contribution is -0.131. The van der Waals surface area contributed by atoms with Crippen molar-refractivity contribution >= 4 is 29.2 Å². The molecular formula is C29H31Cl2NO8. The number of carbonyl (C=O) groups excluding carboxylic acids is 1. The molecule has 1 aliphatic rings. The summed E-state index contributed by atoms with van der Waals surface area (Å²) in [6.07, 6.45) is -1.13. The zero-order valence-corrected chi connectivity index (χ0v) is 23.7. The fraction of sp³-hybridized carbons (Fsp3) is 0.345. The molecule has 0 aliphatic carbocycles. The van der Waals surface area contributed by atoms with Crippen LogP contribution in [0, 0.1) is 0 Å². The van der Waals surface area contributed by atoms with Crippen LogP contribution in [0.4, 0.5) is 0 Å². The summed E-state index contributed by atoms with van der Waals surface area (Å²) >= 11 is 12.3. The van der Waals surface area contributed by atoms with E-state index in [9.17, 15) is 9.90 Å². The summed E-state index contributed by atoms with van der Waals surface area (Å²) in [7, 11) is 1.60. The summed E-state index contributed by atoms with van der Waals surface area (Å²) in [5, 5.41) is 13.1. The van der Waals surface area contributed by atoms with E-state index >= 15 is 0 Å². The zero-order chi connectivity index (χ0) is 28.5. The molecule has 1 N–H and O–H groups in total. The Morgan fingerprint density at radius 2 is 1.77 bits per heavy atom. The molecule has 214 valence electrons. The number of nitrogens with zero attached hydrogens (tertiary/aromatic N) is 1. The monoisotopic (exact) mass is 591 g/mol. The fourth-order valence-corrected chi connectivity index (χ4v) is 4.26. The molecule has 40 heavy (non-hydrogen) atoms. The third-order valence-electron chi connectivity index (χ3n) is 5.90. The Labute approximate surface area is 243 Å². The standard InChI is InChI=1S/C29H31Cl2NO8/c1-3-36-29(34)25-12-26(31)28(37-16-19-4-8-22(35-2)9-5-19)13-27(25)38-17-21(33)14-32-15-24(18-39-32)40-23-10-6-20(30)7-11-23/h4-13,21,24,33H,3,14-18H2,1-2H3/t21-,24+/m0/s1. The van der Waals surface area contributed by atoms with Gasteiger partial charge < -0.3 is 28.8 Å². The number of hydrogen-bond acceptors (Lipinski definition) is 9. The van der Waals surface area contributed by atoms with Crippen molar-refractivity contribution in [2.75, 3.05) is 40.0 Å². The first-order valence-corrected chi connectivity index (χ1v) is 13.5. The van der Waals surface area contributed by atoms with Crippen molar-refractivity contribution in [1.82, 2.24) is 5.06 Å². The minimum atomic E-state index is -0.927. The Balaban J connectivity index is 1.35.